The molecule has 3 aromatic rings. The van der Waals surface area contributed by atoms with Gasteiger partial charge in [0.05, 0.1) is 11.3 Å². The van der Waals surface area contributed by atoms with Crippen molar-refractivity contribution in [3.8, 4) is 0 Å². The van der Waals surface area contributed by atoms with Gasteiger partial charge in [0.25, 0.3) is 5.91 Å². The van der Waals surface area contributed by atoms with E-state index in [1.165, 1.54) is 16.8 Å². The lowest BCUT2D eigenvalue weighted by Crippen LogP contribution is -2.47. The van der Waals surface area contributed by atoms with Crippen LogP contribution in [0.2, 0.25) is 0 Å². The van der Waals surface area contributed by atoms with Crippen molar-refractivity contribution >= 4 is 11.7 Å². The summed E-state index contributed by atoms with van der Waals surface area (Å²) in [6, 6.07) is 14.4. The van der Waals surface area contributed by atoms with Crippen molar-refractivity contribution in [2.24, 2.45) is 7.05 Å². The zero-order chi connectivity index (χ0) is 23.4. The summed E-state index contributed by atoms with van der Waals surface area (Å²) >= 11 is 0. The molecule has 1 fully saturated rings. The first-order valence-corrected chi connectivity index (χ1v) is 11.7. The molecular weight excluding hydrogens is 412 g/mol. The zero-order valence-electron chi connectivity index (χ0n) is 20.1. The van der Waals surface area contributed by atoms with Gasteiger partial charge in [0.2, 0.25) is 0 Å². The van der Waals surface area contributed by atoms with E-state index in [1.54, 1.807) is 6.20 Å². The Bertz CT molecular complexity index is 1090. The number of aryl methyl sites for hydroxylation is 2. The van der Waals surface area contributed by atoms with Crippen molar-refractivity contribution in [3.05, 3.63) is 76.7 Å². The first-order chi connectivity index (χ1) is 16.0. The minimum absolute atomic E-state index is 0.0209. The second-order valence-electron chi connectivity index (χ2n) is 8.84. The van der Waals surface area contributed by atoms with Gasteiger partial charge < -0.3 is 15.1 Å². The Morgan fingerprint density at radius 3 is 2.70 bits per heavy atom. The van der Waals surface area contributed by atoms with Crippen LogP contribution in [0.1, 0.15) is 45.3 Å². The van der Waals surface area contributed by atoms with Gasteiger partial charge in [-0.3, -0.25) is 9.48 Å². The molecule has 1 atom stereocenters. The van der Waals surface area contributed by atoms with E-state index in [-0.39, 0.29) is 11.9 Å². The van der Waals surface area contributed by atoms with Crippen molar-refractivity contribution in [1.82, 2.24) is 25.0 Å². The number of carbonyl (C=O) groups excluding carboxylic acids is 1. The molecule has 4 rings (SSSR count). The largest absolute Gasteiger partial charge is 0.353 e. The third kappa shape index (κ3) is 5.09. The van der Waals surface area contributed by atoms with E-state index in [9.17, 15) is 4.79 Å². The molecule has 0 aliphatic carbocycles. The molecule has 1 aliphatic heterocycles. The number of hydrogen-bond donors (Lipinski definition) is 1. The van der Waals surface area contributed by atoms with Gasteiger partial charge in [-0.1, -0.05) is 30.3 Å². The smallest absolute Gasteiger partial charge is 0.257 e. The van der Waals surface area contributed by atoms with Crippen LogP contribution in [-0.4, -0.2) is 58.8 Å². The number of amides is 1. The van der Waals surface area contributed by atoms with Crippen LogP contribution in [-0.2, 0) is 13.5 Å². The van der Waals surface area contributed by atoms with Gasteiger partial charge in [-0.05, 0) is 49.9 Å². The molecule has 33 heavy (non-hydrogen) atoms. The summed E-state index contributed by atoms with van der Waals surface area (Å²) in [6.07, 6.45) is 3.59. The highest BCUT2D eigenvalue weighted by molar-refractivity contribution is 5.98. The maximum atomic E-state index is 13.4. The summed E-state index contributed by atoms with van der Waals surface area (Å²) in [5, 5.41) is 8.09. The molecule has 1 N–H and O–H groups in total. The van der Waals surface area contributed by atoms with Gasteiger partial charge >= 0.3 is 0 Å². The Kier molecular flexibility index (Phi) is 7.08. The van der Waals surface area contributed by atoms with Gasteiger partial charge in [0, 0.05) is 58.2 Å². The van der Waals surface area contributed by atoms with Gasteiger partial charge in [-0.2, -0.15) is 5.10 Å². The van der Waals surface area contributed by atoms with E-state index >= 15 is 0 Å². The van der Waals surface area contributed by atoms with Crippen LogP contribution < -0.4 is 10.2 Å². The monoisotopic (exact) mass is 446 g/mol. The summed E-state index contributed by atoms with van der Waals surface area (Å²) in [4.78, 5) is 22.0. The van der Waals surface area contributed by atoms with Crippen molar-refractivity contribution in [2.75, 3.05) is 38.1 Å². The average Bonchev–Trinajstić information content (AvgIpc) is 3.10. The number of piperazine rings is 1. The lowest BCUT2D eigenvalue weighted by atomic mass is 10.0. The van der Waals surface area contributed by atoms with E-state index < -0.39 is 0 Å². The van der Waals surface area contributed by atoms with Crippen LogP contribution in [0.3, 0.4) is 0 Å². The number of nitrogens with zero attached hydrogens (tertiary/aromatic N) is 5. The van der Waals surface area contributed by atoms with E-state index in [4.69, 9.17) is 0 Å². The molecule has 0 bridgehead atoms. The quantitative estimate of drug-likeness (QED) is 0.603. The fourth-order valence-corrected chi connectivity index (χ4v) is 4.65. The Hall–Kier alpha value is -3.19. The summed E-state index contributed by atoms with van der Waals surface area (Å²) in [5.41, 5.74) is 5.48. The predicted octanol–water partition coefficient (Wildman–Crippen LogP) is 3.29. The van der Waals surface area contributed by atoms with E-state index in [2.05, 4.69) is 58.4 Å². The third-order valence-corrected chi connectivity index (χ3v) is 6.62. The number of nitrogens with one attached hydrogen (secondary N) is 1. The lowest BCUT2D eigenvalue weighted by molar-refractivity contribution is 0.0793. The van der Waals surface area contributed by atoms with E-state index in [0.29, 0.717) is 12.1 Å². The van der Waals surface area contributed by atoms with Gasteiger partial charge in [0.15, 0.2) is 0 Å². The molecule has 7 heteroatoms. The fourth-order valence-electron chi connectivity index (χ4n) is 4.65. The molecule has 0 saturated carbocycles. The van der Waals surface area contributed by atoms with Crippen LogP contribution in [0.25, 0.3) is 0 Å². The molecule has 1 amide bonds. The standard InChI is InChI=1S/C26H34N6O/c1-19-22(20(2)31(4)29-19)13-9-16-30(3)26(33)23-12-8-14-28-25(23)32-17-15-27-24(18-32)21-10-6-5-7-11-21/h5-8,10-12,14,24,27H,9,13,15-18H2,1-4H3/t24-/m1/s1. The minimum atomic E-state index is 0.0209. The number of aromatic nitrogens is 3. The van der Waals surface area contributed by atoms with Crippen molar-refractivity contribution in [1.29, 1.82) is 0 Å². The van der Waals surface area contributed by atoms with Crippen LogP contribution in [0, 0.1) is 13.8 Å². The van der Waals surface area contributed by atoms with Gasteiger partial charge in [-0.15, -0.1) is 0 Å². The number of hydrogen-bond acceptors (Lipinski definition) is 5. The van der Waals surface area contributed by atoms with Crippen LogP contribution in [0.4, 0.5) is 5.82 Å². The molecular formula is C26H34N6O. The van der Waals surface area contributed by atoms with E-state index in [1.807, 2.05) is 41.9 Å². The normalized spacial score (nSPS) is 16.1. The second kappa shape index (κ2) is 10.2. The summed E-state index contributed by atoms with van der Waals surface area (Å²) in [7, 11) is 3.86. The highest BCUT2D eigenvalue weighted by Crippen LogP contribution is 2.25. The van der Waals surface area contributed by atoms with Gasteiger partial charge in [-0.25, -0.2) is 4.98 Å². The van der Waals surface area contributed by atoms with Crippen LogP contribution >= 0.6 is 0 Å². The van der Waals surface area contributed by atoms with Crippen molar-refractivity contribution in [2.45, 2.75) is 32.7 Å². The number of benzene rings is 1. The fraction of sp³-hybridized carbons (Fsp3) is 0.423. The molecule has 0 spiro atoms. The number of carbonyl (C=O) groups is 1. The number of pyridine rings is 1. The molecule has 1 aromatic carbocycles. The maximum Gasteiger partial charge on any atom is 0.257 e. The molecule has 7 nitrogen and oxygen atoms in total. The first-order valence-electron chi connectivity index (χ1n) is 11.7. The van der Waals surface area contributed by atoms with Crippen LogP contribution in [0.5, 0.6) is 0 Å². The molecule has 174 valence electrons. The SMILES string of the molecule is Cc1nn(C)c(C)c1CCCN(C)C(=O)c1cccnc1N1CCN[C@@H](c2ccccc2)C1. The minimum Gasteiger partial charge on any atom is -0.353 e. The average molecular weight is 447 g/mol. The highest BCUT2D eigenvalue weighted by Gasteiger charge is 2.26. The molecule has 1 saturated heterocycles. The molecule has 0 unspecified atom stereocenters. The predicted molar refractivity (Wildman–Crippen MR) is 132 cm³/mol. The Morgan fingerprint density at radius 2 is 1.97 bits per heavy atom. The zero-order valence-corrected chi connectivity index (χ0v) is 20.1. The van der Waals surface area contributed by atoms with Crippen LogP contribution in [0.15, 0.2) is 48.7 Å². The Morgan fingerprint density at radius 1 is 1.18 bits per heavy atom. The summed E-state index contributed by atoms with van der Waals surface area (Å²) < 4.78 is 1.93. The first kappa shape index (κ1) is 23.0. The van der Waals surface area contributed by atoms with Crippen molar-refractivity contribution in [3.63, 3.8) is 0 Å². The van der Waals surface area contributed by atoms with E-state index in [0.717, 1.165) is 44.0 Å². The Labute approximate surface area is 196 Å². The topological polar surface area (TPSA) is 66.3 Å². The molecule has 0 radical (unpaired) electrons. The molecule has 1 aliphatic rings. The van der Waals surface area contributed by atoms with Gasteiger partial charge in [0.1, 0.15) is 5.82 Å². The third-order valence-electron chi connectivity index (χ3n) is 6.62. The number of rotatable bonds is 7. The number of anilines is 1. The lowest BCUT2D eigenvalue weighted by Gasteiger charge is -2.35. The summed E-state index contributed by atoms with van der Waals surface area (Å²) in [5.74, 6) is 0.795. The molecule has 3 heterocycles. The highest BCUT2D eigenvalue weighted by atomic mass is 16.2. The maximum absolute atomic E-state index is 13.4. The van der Waals surface area contributed by atoms with Crippen molar-refractivity contribution < 1.29 is 4.79 Å². The summed E-state index contributed by atoms with van der Waals surface area (Å²) in [6.45, 7) is 7.30. The Balaban J connectivity index is 1.43. The second-order valence-corrected chi connectivity index (χ2v) is 8.84. The molecule has 2 aromatic heterocycles.